The number of hydrogen-bond acceptors (Lipinski definition) is 3. The molecule has 0 atom stereocenters. The number of aromatic nitrogens is 3. The molecule has 0 bridgehead atoms. The number of nitrogens with zero attached hydrogens (tertiary/aromatic N) is 3. The normalized spacial score (nSPS) is 11.3. The van der Waals surface area contributed by atoms with Gasteiger partial charge in [0.1, 0.15) is 0 Å². The zero-order valence-electron chi connectivity index (χ0n) is 11.5. The third-order valence-corrected chi connectivity index (χ3v) is 3.03. The van der Waals surface area contributed by atoms with E-state index < -0.39 is 0 Å². The fraction of sp³-hybridized carbons (Fsp3) is 0.571. The molecule has 98 valence electrons. The fourth-order valence-electron chi connectivity index (χ4n) is 2.02. The highest BCUT2D eigenvalue weighted by Crippen LogP contribution is 2.18. The Bertz CT molecular complexity index is 501. The van der Waals surface area contributed by atoms with Gasteiger partial charge in [-0.25, -0.2) is 9.67 Å². The molecule has 0 unspecified atom stereocenters. The summed E-state index contributed by atoms with van der Waals surface area (Å²) >= 11 is 0. The SMILES string of the molecule is CCCCCNc1cnc2c(cnn2C(C)C)c1. The van der Waals surface area contributed by atoms with Gasteiger partial charge in [0.2, 0.25) is 0 Å². The third kappa shape index (κ3) is 2.81. The van der Waals surface area contributed by atoms with Gasteiger partial charge in [-0.3, -0.25) is 0 Å². The van der Waals surface area contributed by atoms with E-state index in [2.05, 4.69) is 42.2 Å². The van der Waals surface area contributed by atoms with Gasteiger partial charge in [-0.05, 0) is 26.3 Å². The van der Waals surface area contributed by atoms with E-state index in [0.717, 1.165) is 23.3 Å². The second-order valence-corrected chi connectivity index (χ2v) is 4.95. The van der Waals surface area contributed by atoms with Crippen molar-refractivity contribution in [3.05, 3.63) is 18.5 Å². The first-order valence-electron chi connectivity index (χ1n) is 6.79. The summed E-state index contributed by atoms with van der Waals surface area (Å²) < 4.78 is 1.95. The predicted octanol–water partition coefficient (Wildman–Crippen LogP) is 3.61. The van der Waals surface area contributed by atoms with E-state index in [1.807, 2.05) is 17.1 Å². The average Bonchev–Trinajstić information content (AvgIpc) is 2.77. The quantitative estimate of drug-likeness (QED) is 0.792. The van der Waals surface area contributed by atoms with E-state index >= 15 is 0 Å². The van der Waals surface area contributed by atoms with Crippen molar-refractivity contribution in [2.24, 2.45) is 0 Å². The maximum Gasteiger partial charge on any atom is 0.158 e. The number of nitrogens with one attached hydrogen (secondary N) is 1. The zero-order valence-corrected chi connectivity index (χ0v) is 11.5. The van der Waals surface area contributed by atoms with Crippen LogP contribution in [0.3, 0.4) is 0 Å². The molecule has 2 aromatic heterocycles. The average molecular weight is 246 g/mol. The molecule has 2 aromatic rings. The summed E-state index contributed by atoms with van der Waals surface area (Å²) in [5.74, 6) is 0. The molecule has 0 spiro atoms. The Morgan fingerprint density at radius 2 is 2.11 bits per heavy atom. The lowest BCUT2D eigenvalue weighted by Crippen LogP contribution is -2.04. The Morgan fingerprint density at radius 3 is 2.83 bits per heavy atom. The molecule has 18 heavy (non-hydrogen) atoms. The van der Waals surface area contributed by atoms with Gasteiger partial charge in [-0.1, -0.05) is 19.8 Å². The van der Waals surface area contributed by atoms with Crippen LogP contribution in [0.15, 0.2) is 18.5 Å². The van der Waals surface area contributed by atoms with Gasteiger partial charge in [-0.15, -0.1) is 0 Å². The van der Waals surface area contributed by atoms with Crippen LogP contribution in [0.25, 0.3) is 11.0 Å². The first kappa shape index (κ1) is 12.9. The van der Waals surface area contributed by atoms with Gasteiger partial charge in [0.15, 0.2) is 5.65 Å². The summed E-state index contributed by atoms with van der Waals surface area (Å²) in [5, 5.41) is 8.88. The summed E-state index contributed by atoms with van der Waals surface area (Å²) in [6.07, 6.45) is 7.52. The second-order valence-electron chi connectivity index (χ2n) is 4.95. The number of pyridine rings is 1. The summed E-state index contributed by atoms with van der Waals surface area (Å²) in [6.45, 7) is 7.46. The smallest absolute Gasteiger partial charge is 0.158 e. The lowest BCUT2D eigenvalue weighted by atomic mass is 10.2. The zero-order chi connectivity index (χ0) is 13.0. The van der Waals surface area contributed by atoms with Gasteiger partial charge in [0, 0.05) is 18.0 Å². The highest BCUT2D eigenvalue weighted by Gasteiger charge is 2.07. The van der Waals surface area contributed by atoms with Crippen LogP contribution in [0.5, 0.6) is 0 Å². The van der Waals surface area contributed by atoms with E-state index in [-0.39, 0.29) is 0 Å². The molecule has 2 heterocycles. The molecule has 0 aliphatic rings. The Labute approximate surface area is 108 Å². The molecule has 0 fully saturated rings. The molecule has 0 amide bonds. The molecular formula is C14H22N4. The molecular weight excluding hydrogens is 224 g/mol. The van der Waals surface area contributed by atoms with Crippen molar-refractivity contribution in [3.8, 4) is 0 Å². The van der Waals surface area contributed by atoms with Gasteiger partial charge >= 0.3 is 0 Å². The molecule has 4 heteroatoms. The van der Waals surface area contributed by atoms with E-state index in [9.17, 15) is 0 Å². The standard InChI is InChI=1S/C14H22N4/c1-4-5-6-7-15-13-8-12-9-17-18(11(2)3)14(12)16-10-13/h8-11,15H,4-7H2,1-3H3. The molecule has 4 nitrogen and oxygen atoms in total. The summed E-state index contributed by atoms with van der Waals surface area (Å²) in [5.41, 5.74) is 2.05. The summed E-state index contributed by atoms with van der Waals surface area (Å²) in [4.78, 5) is 4.50. The van der Waals surface area contributed by atoms with Crippen molar-refractivity contribution in [1.82, 2.24) is 14.8 Å². The van der Waals surface area contributed by atoms with Gasteiger partial charge in [-0.2, -0.15) is 5.10 Å². The molecule has 0 saturated carbocycles. The highest BCUT2D eigenvalue weighted by molar-refractivity contribution is 5.78. The largest absolute Gasteiger partial charge is 0.384 e. The number of fused-ring (bicyclic) bond motifs is 1. The fourth-order valence-corrected chi connectivity index (χ4v) is 2.02. The maximum atomic E-state index is 4.50. The van der Waals surface area contributed by atoms with Crippen LogP contribution < -0.4 is 5.32 Å². The van der Waals surface area contributed by atoms with E-state index in [1.54, 1.807) is 0 Å². The minimum absolute atomic E-state index is 0.346. The third-order valence-electron chi connectivity index (χ3n) is 3.03. The Hall–Kier alpha value is -1.58. The first-order valence-corrected chi connectivity index (χ1v) is 6.79. The highest BCUT2D eigenvalue weighted by atomic mass is 15.3. The number of anilines is 1. The van der Waals surface area contributed by atoms with E-state index in [0.29, 0.717) is 6.04 Å². The maximum absolute atomic E-state index is 4.50. The number of rotatable bonds is 6. The second kappa shape index (κ2) is 5.85. The molecule has 0 saturated heterocycles. The molecule has 0 aliphatic heterocycles. The van der Waals surface area contributed by atoms with Crippen LogP contribution >= 0.6 is 0 Å². The van der Waals surface area contributed by atoms with Gasteiger partial charge in [0.05, 0.1) is 18.1 Å². The topological polar surface area (TPSA) is 42.7 Å². The van der Waals surface area contributed by atoms with Crippen molar-refractivity contribution < 1.29 is 0 Å². The Morgan fingerprint density at radius 1 is 1.28 bits per heavy atom. The van der Waals surface area contributed by atoms with Crippen molar-refractivity contribution >= 4 is 16.7 Å². The lowest BCUT2D eigenvalue weighted by molar-refractivity contribution is 0.546. The van der Waals surface area contributed by atoms with Gasteiger partial charge in [0.25, 0.3) is 0 Å². The van der Waals surface area contributed by atoms with Crippen molar-refractivity contribution in [1.29, 1.82) is 0 Å². The molecule has 0 aromatic carbocycles. The van der Waals surface area contributed by atoms with Gasteiger partial charge < -0.3 is 5.32 Å². The number of hydrogen-bond donors (Lipinski definition) is 1. The van der Waals surface area contributed by atoms with Crippen LogP contribution in [-0.2, 0) is 0 Å². The Kier molecular flexibility index (Phi) is 4.18. The van der Waals surface area contributed by atoms with Crippen LogP contribution in [0.2, 0.25) is 0 Å². The van der Waals surface area contributed by atoms with Crippen molar-refractivity contribution in [2.45, 2.75) is 46.1 Å². The monoisotopic (exact) mass is 246 g/mol. The van der Waals surface area contributed by atoms with Crippen LogP contribution in [-0.4, -0.2) is 21.3 Å². The van der Waals surface area contributed by atoms with E-state index in [4.69, 9.17) is 0 Å². The van der Waals surface area contributed by atoms with Crippen molar-refractivity contribution in [3.63, 3.8) is 0 Å². The van der Waals surface area contributed by atoms with E-state index in [1.165, 1.54) is 19.3 Å². The summed E-state index contributed by atoms with van der Waals surface area (Å²) in [6, 6.07) is 2.47. The lowest BCUT2D eigenvalue weighted by Gasteiger charge is -2.08. The molecule has 2 rings (SSSR count). The molecule has 0 aliphatic carbocycles. The first-order chi connectivity index (χ1) is 8.72. The minimum Gasteiger partial charge on any atom is -0.384 e. The molecule has 0 radical (unpaired) electrons. The number of unbranched alkanes of at least 4 members (excludes halogenated alkanes) is 2. The summed E-state index contributed by atoms with van der Waals surface area (Å²) in [7, 11) is 0. The van der Waals surface area contributed by atoms with Crippen LogP contribution in [0.1, 0.15) is 46.1 Å². The predicted molar refractivity (Wildman–Crippen MR) is 75.9 cm³/mol. The van der Waals surface area contributed by atoms with Crippen LogP contribution in [0, 0.1) is 0 Å². The Balaban J connectivity index is 2.09. The minimum atomic E-state index is 0.346. The van der Waals surface area contributed by atoms with Crippen molar-refractivity contribution in [2.75, 3.05) is 11.9 Å². The van der Waals surface area contributed by atoms with Crippen LogP contribution in [0.4, 0.5) is 5.69 Å². The molecule has 1 N–H and O–H groups in total.